The monoisotopic (exact) mass is 933 g/mol. The molecule has 0 spiro atoms. The van der Waals surface area contributed by atoms with Crippen LogP contribution in [0.3, 0.4) is 0 Å². The minimum atomic E-state index is -1.80. The zero-order valence-electron chi connectivity index (χ0n) is 41.5. The number of fused-ring (bicyclic) bond motifs is 1. The lowest BCUT2D eigenvalue weighted by atomic mass is 9.85. The van der Waals surface area contributed by atoms with Gasteiger partial charge in [-0.05, 0) is 101 Å². The third-order valence-electron chi connectivity index (χ3n) is 12.4. The van der Waals surface area contributed by atoms with Gasteiger partial charge in [-0.3, -0.25) is 24.5 Å². The topological polar surface area (TPSA) is 192 Å². The van der Waals surface area contributed by atoms with Crippen molar-refractivity contribution >= 4 is 30.0 Å². The van der Waals surface area contributed by atoms with Crippen molar-refractivity contribution in [2.75, 3.05) is 32.8 Å². The predicted octanol–water partition coefficient (Wildman–Crippen LogP) is 8.38. The maximum Gasteiger partial charge on any atom is 0.408 e. The molecule has 3 N–H and O–H groups in total. The lowest BCUT2D eigenvalue weighted by Crippen LogP contribution is -2.61. The van der Waals surface area contributed by atoms with E-state index in [9.17, 15) is 34.2 Å². The SMILES string of the molecule is Cc1ccc(-c2c(CC(=O)N3CCN4C(=O)COCC4C3)c(C)nc(CC(C)C)c2CN(C(=O)O)C(C(=O)O)c2c(C)nc(CC(C)C)c(CNC(=O)OC(C)(C)C)c2-c2ccc(C)cc2)cc1. The number of carboxylic acids is 1. The smallest absolute Gasteiger partial charge is 0.408 e. The van der Waals surface area contributed by atoms with Crippen LogP contribution in [0, 0.1) is 39.5 Å². The van der Waals surface area contributed by atoms with Gasteiger partial charge in [-0.15, -0.1) is 0 Å². The van der Waals surface area contributed by atoms with Crippen LogP contribution >= 0.6 is 0 Å². The number of aromatic nitrogens is 2. The molecular formula is C53H68N6O9. The molecule has 68 heavy (non-hydrogen) atoms. The summed E-state index contributed by atoms with van der Waals surface area (Å²) in [6, 6.07) is 13.3. The quantitative estimate of drug-likeness (QED) is 0.104. The Morgan fingerprint density at radius 1 is 0.809 bits per heavy atom. The number of piperazine rings is 1. The summed E-state index contributed by atoms with van der Waals surface area (Å²) < 4.78 is 11.2. The van der Waals surface area contributed by atoms with Crippen LogP contribution in [0.5, 0.6) is 0 Å². The second-order valence-electron chi connectivity index (χ2n) is 20.1. The van der Waals surface area contributed by atoms with E-state index >= 15 is 0 Å². The molecule has 2 fully saturated rings. The number of benzene rings is 2. The van der Waals surface area contributed by atoms with E-state index in [4.69, 9.17) is 19.4 Å². The van der Waals surface area contributed by atoms with Gasteiger partial charge in [0.05, 0.1) is 25.6 Å². The number of nitrogens with zero attached hydrogens (tertiary/aromatic N) is 5. The molecule has 4 heterocycles. The van der Waals surface area contributed by atoms with Crippen LogP contribution < -0.4 is 5.32 Å². The lowest BCUT2D eigenvalue weighted by molar-refractivity contribution is -0.156. The first-order valence-corrected chi connectivity index (χ1v) is 23.5. The number of hydrogen-bond donors (Lipinski definition) is 3. The van der Waals surface area contributed by atoms with Crippen LogP contribution in [0.4, 0.5) is 9.59 Å². The number of ether oxygens (including phenoxy) is 2. The van der Waals surface area contributed by atoms with Gasteiger partial charge >= 0.3 is 18.2 Å². The Morgan fingerprint density at radius 2 is 1.37 bits per heavy atom. The highest BCUT2D eigenvalue weighted by Gasteiger charge is 2.40. The Bertz CT molecular complexity index is 2530. The number of rotatable bonds is 15. The van der Waals surface area contributed by atoms with Crippen LogP contribution in [-0.4, -0.2) is 109 Å². The van der Waals surface area contributed by atoms with Crippen LogP contribution in [0.25, 0.3) is 22.3 Å². The van der Waals surface area contributed by atoms with Crippen molar-refractivity contribution in [1.82, 2.24) is 30.0 Å². The molecule has 15 nitrogen and oxygen atoms in total. The van der Waals surface area contributed by atoms with E-state index in [0.29, 0.717) is 95.2 Å². The minimum Gasteiger partial charge on any atom is -0.479 e. The van der Waals surface area contributed by atoms with Gasteiger partial charge in [0.1, 0.15) is 12.2 Å². The summed E-state index contributed by atoms with van der Waals surface area (Å²) in [5.41, 5.74) is 7.57. The molecule has 2 saturated heterocycles. The molecular weight excluding hydrogens is 865 g/mol. The number of amides is 4. The molecule has 15 heteroatoms. The van der Waals surface area contributed by atoms with Gasteiger partial charge < -0.3 is 34.8 Å². The highest BCUT2D eigenvalue weighted by Crippen LogP contribution is 2.41. The highest BCUT2D eigenvalue weighted by atomic mass is 16.6. The van der Waals surface area contributed by atoms with E-state index < -0.39 is 36.3 Å². The Labute approximate surface area is 400 Å². The number of alkyl carbamates (subject to hydrolysis) is 1. The number of pyridine rings is 2. The summed E-state index contributed by atoms with van der Waals surface area (Å²) in [6.07, 6.45) is -1.30. The molecule has 2 unspecified atom stereocenters. The number of aliphatic carboxylic acids is 1. The van der Waals surface area contributed by atoms with E-state index in [2.05, 4.69) is 5.32 Å². The average Bonchev–Trinajstić information content (AvgIpc) is 3.24. The van der Waals surface area contributed by atoms with Crippen molar-refractivity contribution in [2.24, 2.45) is 11.8 Å². The summed E-state index contributed by atoms with van der Waals surface area (Å²) in [6.45, 7) is 21.8. The lowest BCUT2D eigenvalue weighted by Gasteiger charge is -2.43. The zero-order chi connectivity index (χ0) is 49.8. The molecule has 0 radical (unpaired) electrons. The number of nitrogens with one attached hydrogen (secondary N) is 1. The number of carbonyl (C=O) groups excluding carboxylic acids is 3. The Balaban J connectivity index is 1.57. The van der Waals surface area contributed by atoms with Crippen molar-refractivity contribution < 1.29 is 43.7 Å². The molecule has 6 rings (SSSR count). The summed E-state index contributed by atoms with van der Waals surface area (Å²) in [5.74, 6) is -1.51. The summed E-state index contributed by atoms with van der Waals surface area (Å²) in [4.78, 5) is 83.0. The van der Waals surface area contributed by atoms with Gasteiger partial charge in [0.25, 0.3) is 0 Å². The number of hydrogen-bond acceptors (Lipinski definition) is 9. The number of carboxylic acid groups (broad SMARTS) is 2. The molecule has 0 aliphatic carbocycles. The average molecular weight is 933 g/mol. The van der Waals surface area contributed by atoms with Gasteiger partial charge in [-0.25, -0.2) is 14.4 Å². The molecule has 4 amide bonds. The van der Waals surface area contributed by atoms with Crippen molar-refractivity contribution in [1.29, 1.82) is 0 Å². The molecule has 2 atom stereocenters. The van der Waals surface area contributed by atoms with Crippen molar-refractivity contribution in [2.45, 2.75) is 126 Å². The van der Waals surface area contributed by atoms with E-state index in [1.165, 1.54) is 0 Å². The van der Waals surface area contributed by atoms with Gasteiger partial charge in [0.2, 0.25) is 11.8 Å². The van der Waals surface area contributed by atoms with Gasteiger partial charge in [-0.1, -0.05) is 87.4 Å². The molecule has 2 aliphatic heterocycles. The molecule has 0 bridgehead atoms. The zero-order valence-corrected chi connectivity index (χ0v) is 41.5. The molecule has 4 aromatic rings. The van der Waals surface area contributed by atoms with Crippen molar-refractivity contribution in [3.05, 3.63) is 105 Å². The molecule has 2 aliphatic rings. The van der Waals surface area contributed by atoms with E-state index in [1.54, 1.807) is 37.5 Å². The second kappa shape index (κ2) is 21.3. The second-order valence-corrected chi connectivity index (χ2v) is 20.1. The first kappa shape index (κ1) is 51.0. The Morgan fingerprint density at radius 3 is 1.91 bits per heavy atom. The number of carbonyl (C=O) groups is 5. The first-order chi connectivity index (χ1) is 32.0. The maximum absolute atomic E-state index is 14.5. The van der Waals surface area contributed by atoms with E-state index in [1.807, 2.05) is 97.0 Å². The number of aryl methyl sites for hydroxylation is 4. The van der Waals surface area contributed by atoms with Crippen molar-refractivity contribution in [3.63, 3.8) is 0 Å². The maximum atomic E-state index is 14.5. The summed E-state index contributed by atoms with van der Waals surface area (Å²) >= 11 is 0. The molecule has 364 valence electrons. The van der Waals surface area contributed by atoms with Crippen LogP contribution in [0.15, 0.2) is 48.5 Å². The summed E-state index contributed by atoms with van der Waals surface area (Å²) in [7, 11) is 0. The van der Waals surface area contributed by atoms with Gasteiger partial charge in [0.15, 0.2) is 6.04 Å². The predicted molar refractivity (Wildman–Crippen MR) is 259 cm³/mol. The summed E-state index contributed by atoms with van der Waals surface area (Å²) in [5, 5.41) is 25.8. The Hall–Kier alpha value is -6.35. The largest absolute Gasteiger partial charge is 0.479 e. The normalized spacial score (nSPS) is 15.6. The van der Waals surface area contributed by atoms with E-state index in [0.717, 1.165) is 21.6 Å². The minimum absolute atomic E-state index is 0.0239. The Kier molecular flexibility index (Phi) is 16.0. The molecule has 2 aromatic carbocycles. The third-order valence-corrected chi connectivity index (χ3v) is 12.4. The molecule has 0 saturated carbocycles. The van der Waals surface area contributed by atoms with Crippen LogP contribution in [-0.2, 0) is 56.2 Å². The fourth-order valence-electron chi connectivity index (χ4n) is 9.31. The first-order valence-electron chi connectivity index (χ1n) is 23.5. The third kappa shape index (κ3) is 12.0. The van der Waals surface area contributed by atoms with Crippen LogP contribution in [0.2, 0.25) is 0 Å². The van der Waals surface area contributed by atoms with Crippen molar-refractivity contribution in [3.8, 4) is 22.3 Å². The van der Waals surface area contributed by atoms with E-state index in [-0.39, 0.29) is 54.8 Å². The van der Waals surface area contributed by atoms with Gasteiger partial charge in [-0.2, -0.15) is 0 Å². The fourth-order valence-corrected chi connectivity index (χ4v) is 9.31. The fraction of sp³-hybridized carbons (Fsp3) is 0.491. The van der Waals surface area contributed by atoms with Gasteiger partial charge in [0, 0.05) is 65.6 Å². The standard InChI is InChI=1S/C53H68N6O9/c1-30(2)22-42-40(25-54-51(64)68-53(9,10)11)48(37-18-14-33(6)15-19-37)46(35(8)56-42)49(50(62)63)59(52(65)66)27-41-43(23-31(3)4)55-34(7)39(47(41)36-16-12-32(5)13-17-36)24-44(60)57-20-21-58-38(26-57)28-67-29-45(58)61/h12-19,30-31,38,49H,20-29H2,1-11H3,(H,54,64)(H,62,63)(H,65,66). The highest BCUT2D eigenvalue weighted by molar-refractivity contribution is 5.88. The molecule has 2 aromatic heterocycles. The number of morpholine rings is 1. The van der Waals surface area contributed by atoms with Crippen LogP contribution in [0.1, 0.15) is 111 Å².